The molecular weight excluding hydrogens is 316 g/mol. The predicted octanol–water partition coefficient (Wildman–Crippen LogP) is 1.00. The Hall–Kier alpha value is -1.23. The molecule has 0 saturated carbocycles. The second kappa shape index (κ2) is 6.26. The fourth-order valence-electron chi connectivity index (χ4n) is 2.26. The Kier molecular flexibility index (Phi) is 4.81. The molecule has 10 heteroatoms. The summed E-state index contributed by atoms with van der Waals surface area (Å²) in [6.45, 7) is 4.17. The van der Waals surface area contributed by atoms with Crippen LogP contribution in [0.1, 0.15) is 19.8 Å². The Bertz CT molecular complexity index is 622. The lowest BCUT2D eigenvalue weighted by atomic mass is 10.3. The topological polar surface area (TPSA) is 119 Å². The maximum absolute atomic E-state index is 12.1. The fraction of sp³-hybridized carbons (Fsp3) is 0.636. The third-order valence-electron chi connectivity index (χ3n) is 3.51. The molecule has 2 rings (SSSR count). The van der Waals surface area contributed by atoms with Crippen molar-refractivity contribution in [2.45, 2.75) is 30.0 Å². The maximum atomic E-state index is 12.1. The first-order valence-electron chi connectivity index (χ1n) is 6.58. The number of nitrogen functional groups attached to an aromatic ring is 1. The van der Waals surface area contributed by atoms with E-state index in [2.05, 4.69) is 9.62 Å². The highest BCUT2D eigenvalue weighted by Crippen LogP contribution is 2.34. The normalized spacial score (nSPS) is 18.0. The molecule has 118 valence electrons. The number of thiophene rings is 1. The molecule has 21 heavy (non-hydrogen) atoms. The van der Waals surface area contributed by atoms with Crippen LogP contribution in [-0.4, -0.2) is 43.9 Å². The first-order chi connectivity index (χ1) is 9.81. The summed E-state index contributed by atoms with van der Waals surface area (Å²) < 4.78 is 26.7. The zero-order valence-corrected chi connectivity index (χ0v) is 13.2. The van der Waals surface area contributed by atoms with Gasteiger partial charge in [-0.3, -0.25) is 15.0 Å². The number of hydrogen-bond donors (Lipinski definition) is 2. The SMILES string of the molecule is CC(CNS(=O)(=O)c1cc([N+](=O)[O-])c(N)s1)N1CCCC1. The summed E-state index contributed by atoms with van der Waals surface area (Å²) in [7, 11) is -3.76. The molecule has 3 N–H and O–H groups in total. The van der Waals surface area contributed by atoms with Gasteiger partial charge in [-0.25, -0.2) is 13.1 Å². The van der Waals surface area contributed by atoms with E-state index in [1.807, 2.05) is 6.92 Å². The van der Waals surface area contributed by atoms with Crippen molar-refractivity contribution in [3.05, 3.63) is 16.2 Å². The first-order valence-corrected chi connectivity index (χ1v) is 8.88. The van der Waals surface area contributed by atoms with Crippen LogP contribution in [0.25, 0.3) is 0 Å². The second-order valence-electron chi connectivity index (χ2n) is 5.02. The van der Waals surface area contributed by atoms with Crippen LogP contribution in [-0.2, 0) is 10.0 Å². The zero-order chi connectivity index (χ0) is 15.6. The number of nitro groups is 1. The van der Waals surface area contributed by atoms with Gasteiger partial charge in [-0.1, -0.05) is 11.3 Å². The summed E-state index contributed by atoms with van der Waals surface area (Å²) in [5, 5.41) is 10.6. The molecule has 1 aromatic heterocycles. The molecule has 1 aromatic rings. The minimum atomic E-state index is -3.76. The van der Waals surface area contributed by atoms with Crippen molar-refractivity contribution in [1.29, 1.82) is 0 Å². The summed E-state index contributed by atoms with van der Waals surface area (Å²) in [4.78, 5) is 12.2. The van der Waals surface area contributed by atoms with Crippen LogP contribution < -0.4 is 10.5 Å². The third kappa shape index (κ3) is 3.70. The molecule has 1 atom stereocenters. The van der Waals surface area contributed by atoms with Crippen LogP contribution >= 0.6 is 11.3 Å². The molecule has 1 unspecified atom stereocenters. The molecule has 1 fully saturated rings. The third-order valence-corrected chi connectivity index (χ3v) is 6.36. The molecule has 0 radical (unpaired) electrons. The predicted molar refractivity (Wildman–Crippen MR) is 80.8 cm³/mol. The zero-order valence-electron chi connectivity index (χ0n) is 11.6. The molecule has 0 aliphatic carbocycles. The Balaban J connectivity index is 2.04. The van der Waals surface area contributed by atoms with Crippen LogP contribution in [0.3, 0.4) is 0 Å². The van der Waals surface area contributed by atoms with Crippen molar-refractivity contribution in [3.63, 3.8) is 0 Å². The van der Waals surface area contributed by atoms with E-state index in [9.17, 15) is 18.5 Å². The lowest BCUT2D eigenvalue weighted by Crippen LogP contribution is -2.40. The molecule has 1 aliphatic heterocycles. The fourth-order valence-corrected chi connectivity index (χ4v) is 4.64. The second-order valence-corrected chi connectivity index (χ2v) is 8.09. The van der Waals surface area contributed by atoms with E-state index in [1.54, 1.807) is 0 Å². The smallest absolute Gasteiger partial charge is 0.304 e. The van der Waals surface area contributed by atoms with Crippen molar-refractivity contribution >= 4 is 32.0 Å². The van der Waals surface area contributed by atoms with Crippen molar-refractivity contribution < 1.29 is 13.3 Å². The highest BCUT2D eigenvalue weighted by atomic mass is 32.2. The van der Waals surface area contributed by atoms with E-state index in [1.165, 1.54) is 0 Å². The summed E-state index contributed by atoms with van der Waals surface area (Å²) >= 11 is 0.706. The minimum Gasteiger partial charge on any atom is -0.385 e. The molecule has 0 amide bonds. The number of hydrogen-bond acceptors (Lipinski definition) is 7. The molecule has 2 heterocycles. The van der Waals surface area contributed by atoms with Gasteiger partial charge in [-0.2, -0.15) is 0 Å². The summed E-state index contributed by atoms with van der Waals surface area (Å²) in [5.74, 6) is 0. The number of anilines is 1. The molecule has 0 bridgehead atoms. The van der Waals surface area contributed by atoms with E-state index >= 15 is 0 Å². The number of nitrogens with one attached hydrogen (secondary N) is 1. The molecule has 8 nitrogen and oxygen atoms in total. The van der Waals surface area contributed by atoms with E-state index in [0.717, 1.165) is 32.0 Å². The van der Waals surface area contributed by atoms with Gasteiger partial charge in [0.05, 0.1) is 4.92 Å². The maximum Gasteiger partial charge on any atom is 0.304 e. The first kappa shape index (κ1) is 16.1. The minimum absolute atomic E-state index is 0.0922. The van der Waals surface area contributed by atoms with Gasteiger partial charge in [0.1, 0.15) is 4.21 Å². The monoisotopic (exact) mass is 334 g/mol. The van der Waals surface area contributed by atoms with Crippen molar-refractivity contribution in [1.82, 2.24) is 9.62 Å². The van der Waals surface area contributed by atoms with Gasteiger partial charge in [-0.05, 0) is 32.9 Å². The lowest BCUT2D eigenvalue weighted by molar-refractivity contribution is -0.383. The lowest BCUT2D eigenvalue weighted by Gasteiger charge is -2.23. The van der Waals surface area contributed by atoms with E-state index in [-0.39, 0.29) is 27.5 Å². The molecular formula is C11H18N4O4S2. The highest BCUT2D eigenvalue weighted by Gasteiger charge is 2.26. The Morgan fingerprint density at radius 3 is 2.67 bits per heavy atom. The van der Waals surface area contributed by atoms with Gasteiger partial charge in [0.2, 0.25) is 10.0 Å². The van der Waals surface area contributed by atoms with E-state index in [0.29, 0.717) is 11.3 Å². The van der Waals surface area contributed by atoms with E-state index < -0.39 is 14.9 Å². The van der Waals surface area contributed by atoms with Crippen LogP contribution in [0.5, 0.6) is 0 Å². The number of rotatable bonds is 6. The Morgan fingerprint density at radius 2 is 2.14 bits per heavy atom. The van der Waals surface area contributed by atoms with Crippen LogP contribution in [0.4, 0.5) is 10.7 Å². The van der Waals surface area contributed by atoms with Gasteiger partial charge in [0.25, 0.3) is 0 Å². The van der Waals surface area contributed by atoms with Crippen LogP contribution in [0.15, 0.2) is 10.3 Å². The van der Waals surface area contributed by atoms with Crippen molar-refractivity contribution in [2.24, 2.45) is 0 Å². The number of sulfonamides is 1. The van der Waals surface area contributed by atoms with Gasteiger partial charge in [-0.15, -0.1) is 0 Å². The number of nitrogens with two attached hydrogens (primary N) is 1. The summed E-state index contributed by atoms with van der Waals surface area (Å²) in [6, 6.07) is 1.10. The number of likely N-dealkylation sites (tertiary alicyclic amines) is 1. The standard InChI is InChI=1S/C11H18N4O4S2/c1-8(14-4-2-3-5-14)7-13-21(18,19)10-6-9(15(16)17)11(12)20-10/h6,8,13H,2-5,7,12H2,1H3. The van der Waals surface area contributed by atoms with Gasteiger partial charge in [0.15, 0.2) is 5.00 Å². The largest absolute Gasteiger partial charge is 0.385 e. The summed E-state index contributed by atoms with van der Waals surface area (Å²) in [5.41, 5.74) is 5.10. The molecule has 0 spiro atoms. The molecule has 0 aromatic carbocycles. The van der Waals surface area contributed by atoms with Crippen molar-refractivity contribution in [3.8, 4) is 0 Å². The van der Waals surface area contributed by atoms with Crippen LogP contribution in [0.2, 0.25) is 0 Å². The quantitative estimate of drug-likeness (QED) is 0.592. The van der Waals surface area contributed by atoms with Gasteiger partial charge >= 0.3 is 5.69 Å². The Morgan fingerprint density at radius 1 is 1.52 bits per heavy atom. The average Bonchev–Trinajstić information content (AvgIpc) is 3.05. The average molecular weight is 334 g/mol. The summed E-state index contributed by atoms with van der Waals surface area (Å²) in [6.07, 6.45) is 2.26. The van der Waals surface area contributed by atoms with Crippen LogP contribution in [0, 0.1) is 10.1 Å². The highest BCUT2D eigenvalue weighted by molar-refractivity contribution is 7.91. The van der Waals surface area contributed by atoms with Crippen molar-refractivity contribution in [2.75, 3.05) is 25.4 Å². The number of nitrogens with zero attached hydrogens (tertiary/aromatic N) is 2. The Labute approximate surface area is 127 Å². The van der Waals surface area contributed by atoms with E-state index in [4.69, 9.17) is 5.73 Å². The molecule has 1 aliphatic rings. The van der Waals surface area contributed by atoms with Gasteiger partial charge < -0.3 is 5.73 Å². The van der Waals surface area contributed by atoms with Gasteiger partial charge in [0, 0.05) is 18.7 Å². The molecule has 1 saturated heterocycles.